The largest absolute Gasteiger partial charge is 0.468 e. The maximum absolute atomic E-state index is 11.9. The molecule has 0 bridgehead atoms. The first-order chi connectivity index (χ1) is 9.65. The van der Waals surface area contributed by atoms with E-state index in [-0.39, 0.29) is 11.3 Å². The number of esters is 1. The highest BCUT2D eigenvalue weighted by Gasteiger charge is 2.30. The molecule has 0 saturated carbocycles. The first-order valence-corrected chi connectivity index (χ1v) is 7.37. The Kier molecular flexibility index (Phi) is 4.76. The van der Waals surface area contributed by atoms with Crippen molar-refractivity contribution in [2.45, 2.75) is 5.37 Å². The van der Waals surface area contributed by atoms with E-state index in [1.165, 1.54) is 25.1 Å². The van der Waals surface area contributed by atoms with Crippen LogP contribution in [0.5, 0.6) is 0 Å². The molecule has 1 aromatic heterocycles. The van der Waals surface area contributed by atoms with Crippen molar-refractivity contribution in [3.05, 3.63) is 34.0 Å². The van der Waals surface area contributed by atoms with E-state index in [9.17, 15) is 9.59 Å². The zero-order chi connectivity index (χ0) is 14.5. The number of hydrogen-bond donors (Lipinski definition) is 1. The number of nitriles is 1. The second-order valence-corrected chi connectivity index (χ2v) is 5.99. The zero-order valence-electron chi connectivity index (χ0n) is 10.4. The number of methoxy groups -OCH3 is 1. The van der Waals surface area contributed by atoms with Gasteiger partial charge in [0, 0.05) is 0 Å². The lowest BCUT2D eigenvalue weighted by Gasteiger charge is -2.23. The highest BCUT2D eigenvalue weighted by Crippen LogP contribution is 2.43. The molecule has 1 amide bonds. The summed E-state index contributed by atoms with van der Waals surface area (Å²) in [6, 6.07) is 5.30. The molecule has 1 aliphatic rings. The van der Waals surface area contributed by atoms with Gasteiger partial charge in [-0.3, -0.25) is 9.59 Å². The smallest absolute Gasteiger partial charge is 0.316 e. The Labute approximate surface area is 123 Å². The molecule has 104 valence electrons. The number of carbonyl (C=O) groups excluding carboxylic acids is 2. The topological polar surface area (TPSA) is 92.3 Å². The van der Waals surface area contributed by atoms with Crippen molar-refractivity contribution in [3.63, 3.8) is 0 Å². The number of amides is 1. The third kappa shape index (κ3) is 3.18. The first-order valence-electron chi connectivity index (χ1n) is 5.50. The fourth-order valence-corrected chi connectivity index (χ4v) is 3.71. The van der Waals surface area contributed by atoms with Crippen molar-refractivity contribution < 1.29 is 18.7 Å². The highest BCUT2D eigenvalue weighted by molar-refractivity contribution is 8.22. The fourth-order valence-electron chi connectivity index (χ4n) is 1.44. The van der Waals surface area contributed by atoms with Gasteiger partial charge in [0.05, 0.1) is 23.4 Å². The van der Waals surface area contributed by atoms with Crippen LogP contribution in [-0.4, -0.2) is 24.7 Å². The van der Waals surface area contributed by atoms with Gasteiger partial charge in [0.15, 0.2) is 0 Å². The molecule has 8 heteroatoms. The summed E-state index contributed by atoms with van der Waals surface area (Å²) in [6.45, 7) is 0. The lowest BCUT2D eigenvalue weighted by Crippen LogP contribution is -2.31. The molecule has 0 radical (unpaired) electrons. The molecule has 1 aromatic rings. The van der Waals surface area contributed by atoms with Crippen LogP contribution in [0.15, 0.2) is 32.6 Å². The quantitative estimate of drug-likeness (QED) is 0.847. The molecule has 6 nitrogen and oxygen atoms in total. The van der Waals surface area contributed by atoms with Crippen LogP contribution >= 0.6 is 23.5 Å². The predicted octanol–water partition coefficient (Wildman–Crippen LogP) is 1.78. The normalized spacial score (nSPS) is 18.4. The summed E-state index contributed by atoms with van der Waals surface area (Å²) in [6.07, 6.45) is 1.51. The van der Waals surface area contributed by atoms with Crippen molar-refractivity contribution >= 4 is 35.4 Å². The van der Waals surface area contributed by atoms with Crippen molar-refractivity contribution in [3.8, 4) is 6.07 Å². The molecule has 1 aliphatic heterocycles. The van der Waals surface area contributed by atoms with Crippen molar-refractivity contribution in [1.82, 2.24) is 5.32 Å². The SMILES string of the molecule is COC(=O)CSC1=C(C#N)C(=O)NC(c2ccco2)S1. The molecular formula is C12H10N2O4S2. The molecular weight excluding hydrogens is 300 g/mol. The second kappa shape index (κ2) is 6.54. The minimum absolute atomic E-state index is 0.00621. The number of hydrogen-bond acceptors (Lipinski definition) is 7. The number of nitrogens with zero attached hydrogens (tertiary/aromatic N) is 1. The monoisotopic (exact) mass is 310 g/mol. The van der Waals surface area contributed by atoms with Crippen LogP contribution in [0.2, 0.25) is 0 Å². The van der Waals surface area contributed by atoms with Crippen LogP contribution in [-0.2, 0) is 14.3 Å². The van der Waals surface area contributed by atoms with Gasteiger partial charge in [-0.2, -0.15) is 5.26 Å². The summed E-state index contributed by atoms with van der Waals surface area (Å²) in [5.41, 5.74) is 0.00621. The summed E-state index contributed by atoms with van der Waals surface area (Å²) < 4.78 is 10.3. The summed E-state index contributed by atoms with van der Waals surface area (Å²) in [5, 5.41) is 11.3. The molecule has 0 fully saturated rings. The Hall–Kier alpha value is -1.85. The van der Waals surface area contributed by atoms with Crippen LogP contribution in [0.25, 0.3) is 0 Å². The van der Waals surface area contributed by atoms with Crippen molar-refractivity contribution in [2.24, 2.45) is 0 Å². The van der Waals surface area contributed by atoms with E-state index in [4.69, 9.17) is 9.68 Å². The lowest BCUT2D eigenvalue weighted by molar-refractivity contribution is -0.137. The van der Waals surface area contributed by atoms with Crippen LogP contribution < -0.4 is 5.32 Å². The Bertz CT molecular complexity index is 589. The highest BCUT2D eigenvalue weighted by atomic mass is 32.2. The van der Waals surface area contributed by atoms with Gasteiger partial charge >= 0.3 is 5.97 Å². The zero-order valence-corrected chi connectivity index (χ0v) is 12.0. The van der Waals surface area contributed by atoms with Gasteiger partial charge in [0.25, 0.3) is 5.91 Å². The number of rotatable bonds is 4. The molecule has 1 unspecified atom stereocenters. The van der Waals surface area contributed by atoms with Crippen LogP contribution in [0, 0.1) is 11.3 Å². The first kappa shape index (κ1) is 14.6. The second-order valence-electron chi connectivity index (χ2n) is 3.63. The maximum atomic E-state index is 11.9. The van der Waals surface area contributed by atoms with Gasteiger partial charge in [-0.1, -0.05) is 11.8 Å². The molecule has 0 aromatic carbocycles. The summed E-state index contributed by atoms with van der Waals surface area (Å²) in [5.74, 6) is -0.264. The molecule has 0 saturated heterocycles. The Morgan fingerprint density at radius 3 is 3.10 bits per heavy atom. The van der Waals surface area contributed by atoms with Gasteiger partial charge in [0.2, 0.25) is 0 Å². The van der Waals surface area contributed by atoms with E-state index in [1.54, 1.807) is 12.1 Å². The van der Waals surface area contributed by atoms with E-state index >= 15 is 0 Å². The summed E-state index contributed by atoms with van der Waals surface area (Å²) in [4.78, 5) is 23.0. The average molecular weight is 310 g/mol. The molecule has 20 heavy (non-hydrogen) atoms. The van der Waals surface area contributed by atoms with Gasteiger partial charge in [-0.15, -0.1) is 11.8 Å². The average Bonchev–Trinajstić information content (AvgIpc) is 2.98. The number of thioether (sulfide) groups is 2. The van der Waals surface area contributed by atoms with Gasteiger partial charge in [0.1, 0.15) is 22.8 Å². The van der Waals surface area contributed by atoms with E-state index in [2.05, 4.69) is 10.1 Å². The van der Waals surface area contributed by atoms with E-state index in [1.807, 2.05) is 6.07 Å². The predicted molar refractivity (Wildman–Crippen MR) is 74.3 cm³/mol. The molecule has 2 rings (SSSR count). The number of carbonyl (C=O) groups is 2. The van der Waals surface area contributed by atoms with Crippen LogP contribution in [0.1, 0.15) is 11.1 Å². The summed E-state index contributed by atoms with van der Waals surface area (Å²) >= 11 is 2.38. The van der Waals surface area contributed by atoms with Gasteiger partial charge < -0.3 is 14.5 Å². The van der Waals surface area contributed by atoms with Crippen LogP contribution in [0.4, 0.5) is 0 Å². The Morgan fingerprint density at radius 1 is 1.70 bits per heavy atom. The van der Waals surface area contributed by atoms with Crippen LogP contribution in [0.3, 0.4) is 0 Å². The lowest BCUT2D eigenvalue weighted by atomic mass is 10.3. The number of ether oxygens (including phenoxy) is 1. The number of furan rings is 1. The minimum atomic E-state index is -0.472. The molecule has 2 heterocycles. The molecule has 0 spiro atoms. The van der Waals surface area contributed by atoms with E-state index in [0.717, 1.165) is 11.8 Å². The Balaban J connectivity index is 2.18. The van der Waals surface area contributed by atoms with Crippen molar-refractivity contribution in [1.29, 1.82) is 5.26 Å². The van der Waals surface area contributed by atoms with E-state index < -0.39 is 17.3 Å². The minimum Gasteiger partial charge on any atom is -0.468 e. The maximum Gasteiger partial charge on any atom is 0.316 e. The number of nitrogens with one attached hydrogen (secondary N) is 1. The van der Waals surface area contributed by atoms with Crippen molar-refractivity contribution in [2.75, 3.05) is 12.9 Å². The summed E-state index contributed by atoms with van der Waals surface area (Å²) in [7, 11) is 1.29. The van der Waals surface area contributed by atoms with E-state index in [0.29, 0.717) is 10.00 Å². The third-order valence-corrected chi connectivity index (χ3v) is 4.87. The molecule has 0 aliphatic carbocycles. The Morgan fingerprint density at radius 2 is 2.50 bits per heavy atom. The molecule has 1 atom stereocenters. The standard InChI is InChI=1S/C12H10N2O4S2/c1-17-9(15)6-19-12-7(5-13)10(16)14-11(20-12)8-3-2-4-18-8/h2-4,11H,6H2,1H3,(H,14,16). The third-order valence-electron chi connectivity index (χ3n) is 2.38. The molecule has 1 N–H and O–H groups in total. The van der Waals surface area contributed by atoms with Gasteiger partial charge in [-0.05, 0) is 12.1 Å². The fraction of sp³-hybridized carbons (Fsp3) is 0.250. The van der Waals surface area contributed by atoms with Gasteiger partial charge in [-0.25, -0.2) is 0 Å².